The molecule has 0 atom stereocenters. The summed E-state index contributed by atoms with van der Waals surface area (Å²) in [7, 11) is 1.81. The predicted octanol–water partition coefficient (Wildman–Crippen LogP) is 3.90. The number of halogens is 3. The van der Waals surface area contributed by atoms with Crippen LogP contribution in [0.4, 0.5) is 30.4 Å². The molecule has 2 aromatic rings. The van der Waals surface area contributed by atoms with E-state index >= 15 is 0 Å². The van der Waals surface area contributed by atoms with Gasteiger partial charge in [0.15, 0.2) is 6.61 Å². The highest BCUT2D eigenvalue weighted by atomic mass is 19.4. The molecule has 0 fully saturated rings. The lowest BCUT2D eigenvalue weighted by molar-refractivity contribution is -0.153. The van der Waals surface area contributed by atoms with Crippen LogP contribution in [0.1, 0.15) is 0 Å². The molecule has 148 valence electrons. The van der Waals surface area contributed by atoms with E-state index in [1.807, 2.05) is 24.1 Å². The molecule has 0 radical (unpaired) electrons. The van der Waals surface area contributed by atoms with Gasteiger partial charge in [-0.1, -0.05) is 12.1 Å². The average Bonchev–Trinajstić information content (AvgIpc) is 3.09. The van der Waals surface area contributed by atoms with E-state index in [0.29, 0.717) is 18.8 Å². The molecule has 2 heterocycles. The van der Waals surface area contributed by atoms with Gasteiger partial charge in [-0.2, -0.15) is 13.2 Å². The van der Waals surface area contributed by atoms with Crippen LogP contribution in [0.3, 0.4) is 0 Å². The molecule has 0 saturated heterocycles. The molecule has 0 spiro atoms. The highest BCUT2D eigenvalue weighted by molar-refractivity contribution is 5.82. The summed E-state index contributed by atoms with van der Waals surface area (Å²) in [5.41, 5.74) is 2.75. The van der Waals surface area contributed by atoms with Crippen molar-refractivity contribution in [2.45, 2.75) is 6.18 Å². The van der Waals surface area contributed by atoms with Crippen molar-refractivity contribution >= 4 is 23.4 Å². The third-order valence-electron chi connectivity index (χ3n) is 4.20. The molecule has 6 nitrogen and oxygen atoms in total. The Morgan fingerprint density at radius 1 is 1.21 bits per heavy atom. The molecule has 3 rings (SSSR count). The standard InChI is InChI=1S/C19H20F3N5O/c1-24-14-6-7-18(25-9-14)27-10-13(8-23)16(11-27)26-15-4-2-3-5-17(15)28-12-19(20,21)22/h2-9,23-24,26H,10-12H2,1H3. The fraction of sp³-hybridized carbons (Fsp3) is 0.263. The van der Waals surface area contributed by atoms with Gasteiger partial charge in [0.1, 0.15) is 11.6 Å². The van der Waals surface area contributed by atoms with Crippen molar-refractivity contribution in [1.82, 2.24) is 4.98 Å². The van der Waals surface area contributed by atoms with E-state index in [1.54, 1.807) is 24.4 Å². The number of pyridine rings is 1. The lowest BCUT2D eigenvalue weighted by Crippen LogP contribution is -2.23. The van der Waals surface area contributed by atoms with Crippen molar-refractivity contribution in [2.24, 2.45) is 0 Å². The fourth-order valence-corrected chi connectivity index (χ4v) is 2.80. The highest BCUT2D eigenvalue weighted by Crippen LogP contribution is 2.30. The van der Waals surface area contributed by atoms with Crippen LogP contribution in [0.25, 0.3) is 0 Å². The van der Waals surface area contributed by atoms with Crippen molar-refractivity contribution < 1.29 is 17.9 Å². The Morgan fingerprint density at radius 3 is 2.64 bits per heavy atom. The Bertz CT molecular complexity index is 865. The summed E-state index contributed by atoms with van der Waals surface area (Å²) in [5.74, 6) is 0.850. The highest BCUT2D eigenvalue weighted by Gasteiger charge is 2.29. The van der Waals surface area contributed by atoms with Gasteiger partial charge >= 0.3 is 6.18 Å². The summed E-state index contributed by atoms with van der Waals surface area (Å²) in [5, 5.41) is 13.8. The molecule has 0 saturated carbocycles. The van der Waals surface area contributed by atoms with Crippen LogP contribution in [0.5, 0.6) is 5.75 Å². The maximum atomic E-state index is 12.5. The van der Waals surface area contributed by atoms with Crippen molar-refractivity contribution in [3.63, 3.8) is 0 Å². The Morgan fingerprint density at radius 2 is 2.00 bits per heavy atom. The Balaban J connectivity index is 1.75. The van der Waals surface area contributed by atoms with E-state index in [-0.39, 0.29) is 5.75 Å². The van der Waals surface area contributed by atoms with E-state index in [1.165, 1.54) is 12.3 Å². The van der Waals surface area contributed by atoms with Crippen LogP contribution in [0.2, 0.25) is 0 Å². The number of nitrogens with one attached hydrogen (secondary N) is 3. The maximum absolute atomic E-state index is 12.5. The maximum Gasteiger partial charge on any atom is 0.422 e. The smallest absolute Gasteiger partial charge is 0.422 e. The number of rotatable bonds is 7. The van der Waals surface area contributed by atoms with E-state index in [4.69, 9.17) is 10.1 Å². The van der Waals surface area contributed by atoms with Crippen LogP contribution in [0.15, 0.2) is 53.9 Å². The van der Waals surface area contributed by atoms with Crippen LogP contribution >= 0.6 is 0 Å². The Kier molecular flexibility index (Phi) is 5.72. The molecule has 3 N–H and O–H groups in total. The summed E-state index contributed by atoms with van der Waals surface area (Å²) < 4.78 is 42.4. The number of nitrogens with zero attached hydrogens (tertiary/aromatic N) is 2. The molecule has 0 bridgehead atoms. The molecule has 1 aliphatic heterocycles. The summed E-state index contributed by atoms with van der Waals surface area (Å²) in [4.78, 5) is 6.37. The third-order valence-corrected chi connectivity index (χ3v) is 4.20. The molecule has 0 amide bonds. The second kappa shape index (κ2) is 8.20. The third kappa shape index (κ3) is 4.73. The number of alkyl halides is 3. The van der Waals surface area contributed by atoms with Crippen LogP contribution in [-0.2, 0) is 0 Å². The molecule has 9 heteroatoms. The van der Waals surface area contributed by atoms with Gasteiger partial charge in [0.2, 0.25) is 0 Å². The molecular formula is C19H20F3N5O. The molecule has 0 unspecified atom stereocenters. The first-order chi connectivity index (χ1) is 13.4. The van der Waals surface area contributed by atoms with Crippen molar-refractivity contribution in [1.29, 1.82) is 5.41 Å². The Hall–Kier alpha value is -3.23. The number of para-hydroxylation sites is 2. The van der Waals surface area contributed by atoms with Crippen LogP contribution in [0, 0.1) is 5.41 Å². The van der Waals surface area contributed by atoms with Gasteiger partial charge in [-0.25, -0.2) is 4.98 Å². The predicted molar refractivity (Wildman–Crippen MR) is 103 cm³/mol. The topological polar surface area (TPSA) is 73.3 Å². The van der Waals surface area contributed by atoms with Gasteiger partial charge in [-0.05, 0) is 24.3 Å². The van der Waals surface area contributed by atoms with Crippen LogP contribution in [-0.4, -0.2) is 44.1 Å². The second-order valence-corrected chi connectivity index (χ2v) is 6.18. The minimum absolute atomic E-state index is 0.103. The van der Waals surface area contributed by atoms with Crippen molar-refractivity contribution in [3.05, 3.63) is 53.9 Å². The summed E-state index contributed by atoms with van der Waals surface area (Å²) in [6, 6.07) is 10.2. The summed E-state index contributed by atoms with van der Waals surface area (Å²) in [6.45, 7) is -0.441. The first kappa shape index (κ1) is 19.5. The number of aromatic nitrogens is 1. The van der Waals surface area contributed by atoms with Crippen molar-refractivity contribution in [2.75, 3.05) is 42.3 Å². The van der Waals surface area contributed by atoms with E-state index in [2.05, 4.69) is 15.6 Å². The zero-order valence-electron chi connectivity index (χ0n) is 15.2. The largest absolute Gasteiger partial charge is 0.482 e. The number of benzene rings is 1. The summed E-state index contributed by atoms with van der Waals surface area (Å²) >= 11 is 0. The number of anilines is 3. The van der Waals surface area contributed by atoms with Gasteiger partial charge in [-0.15, -0.1) is 0 Å². The molecular weight excluding hydrogens is 371 g/mol. The second-order valence-electron chi connectivity index (χ2n) is 6.18. The lowest BCUT2D eigenvalue weighted by atomic mass is 10.2. The minimum atomic E-state index is -4.41. The minimum Gasteiger partial charge on any atom is -0.482 e. The van der Waals surface area contributed by atoms with Gasteiger partial charge < -0.3 is 25.7 Å². The molecule has 1 aromatic heterocycles. The number of ether oxygens (including phenoxy) is 1. The fourth-order valence-electron chi connectivity index (χ4n) is 2.80. The first-order valence-electron chi connectivity index (χ1n) is 8.56. The quantitative estimate of drug-likeness (QED) is 0.625. The molecule has 0 aliphatic carbocycles. The lowest BCUT2D eigenvalue weighted by Gasteiger charge is -2.19. The Labute approximate surface area is 160 Å². The van der Waals surface area contributed by atoms with E-state index < -0.39 is 12.8 Å². The van der Waals surface area contributed by atoms with Crippen molar-refractivity contribution in [3.8, 4) is 5.75 Å². The van der Waals surface area contributed by atoms with Gasteiger partial charge in [0.25, 0.3) is 0 Å². The average molecular weight is 391 g/mol. The molecule has 1 aromatic carbocycles. The zero-order chi connectivity index (χ0) is 20.1. The van der Waals surface area contributed by atoms with Gasteiger partial charge in [0.05, 0.1) is 24.1 Å². The molecule has 28 heavy (non-hydrogen) atoms. The zero-order valence-corrected chi connectivity index (χ0v) is 15.2. The normalized spacial score (nSPS) is 14.2. The summed E-state index contributed by atoms with van der Waals surface area (Å²) in [6.07, 6.45) is -1.46. The number of hydrogen-bond donors (Lipinski definition) is 3. The molecule has 1 aliphatic rings. The van der Waals surface area contributed by atoms with Gasteiger partial charge in [-0.3, -0.25) is 0 Å². The first-order valence-corrected chi connectivity index (χ1v) is 8.56. The number of hydrogen-bond acceptors (Lipinski definition) is 6. The van der Waals surface area contributed by atoms with Gasteiger partial charge in [0, 0.05) is 31.1 Å². The van der Waals surface area contributed by atoms with Crippen LogP contribution < -0.4 is 20.3 Å². The van der Waals surface area contributed by atoms with E-state index in [0.717, 1.165) is 22.8 Å². The SMILES string of the molecule is CNc1ccc(N2CC(C=N)=C(Nc3ccccc3OCC(F)(F)F)C2)nc1. The van der Waals surface area contributed by atoms with E-state index in [9.17, 15) is 13.2 Å². The monoisotopic (exact) mass is 391 g/mol.